The number of nitrogens with one attached hydrogen (secondary N) is 1. The Hall–Kier alpha value is -0.340. The Morgan fingerprint density at radius 2 is 1.86 bits per heavy atom. The standard InChI is InChI=1S/C11H17NS.ClH/c1-10-4-6-11(7-5-10)12-8-3-9-13-2;/h4-7,12H,3,8-9H2,1-2H3;1H. The van der Waals surface area contributed by atoms with Crippen LogP contribution in [0.3, 0.4) is 0 Å². The zero-order valence-corrected chi connectivity index (χ0v) is 10.4. The second kappa shape index (κ2) is 8.01. The molecule has 0 amide bonds. The Kier molecular flexibility index (Phi) is 7.81. The van der Waals surface area contributed by atoms with Crippen molar-refractivity contribution < 1.29 is 0 Å². The molecule has 0 saturated carbocycles. The van der Waals surface area contributed by atoms with Crippen LogP contribution in [0.5, 0.6) is 0 Å². The first-order chi connectivity index (χ1) is 6.33. The van der Waals surface area contributed by atoms with Crippen LogP contribution >= 0.6 is 24.2 Å². The zero-order chi connectivity index (χ0) is 9.52. The minimum atomic E-state index is 0. The SMILES string of the molecule is CSCCCNc1ccc(C)cc1.Cl. The molecule has 1 N–H and O–H groups in total. The molecule has 1 aromatic carbocycles. The molecule has 0 bridgehead atoms. The van der Waals surface area contributed by atoms with Crippen molar-refractivity contribution in [2.75, 3.05) is 23.9 Å². The van der Waals surface area contributed by atoms with E-state index < -0.39 is 0 Å². The third-order valence-corrected chi connectivity index (χ3v) is 2.60. The third kappa shape index (κ3) is 5.40. The highest BCUT2D eigenvalue weighted by Crippen LogP contribution is 2.08. The molecule has 0 spiro atoms. The van der Waals surface area contributed by atoms with Crippen molar-refractivity contribution in [1.82, 2.24) is 0 Å². The molecule has 1 rings (SSSR count). The van der Waals surface area contributed by atoms with Crippen molar-refractivity contribution in [1.29, 1.82) is 0 Å². The summed E-state index contributed by atoms with van der Waals surface area (Å²) in [5, 5.41) is 3.39. The lowest BCUT2D eigenvalue weighted by Crippen LogP contribution is -2.02. The fraction of sp³-hybridized carbons (Fsp3) is 0.455. The van der Waals surface area contributed by atoms with Gasteiger partial charge in [0.2, 0.25) is 0 Å². The number of thioether (sulfide) groups is 1. The van der Waals surface area contributed by atoms with Crippen molar-refractivity contribution >= 4 is 29.9 Å². The predicted molar refractivity (Wildman–Crippen MR) is 69.9 cm³/mol. The number of benzene rings is 1. The molecule has 0 aromatic heterocycles. The van der Waals surface area contributed by atoms with Gasteiger partial charge in [0.05, 0.1) is 0 Å². The first-order valence-corrected chi connectivity index (χ1v) is 6.02. The van der Waals surface area contributed by atoms with Gasteiger partial charge in [-0.15, -0.1) is 12.4 Å². The summed E-state index contributed by atoms with van der Waals surface area (Å²) in [6.45, 7) is 3.18. The molecule has 3 heteroatoms. The highest BCUT2D eigenvalue weighted by Gasteiger charge is 1.90. The average molecular weight is 232 g/mol. The summed E-state index contributed by atoms with van der Waals surface area (Å²) in [5.74, 6) is 1.23. The van der Waals surface area contributed by atoms with Crippen LogP contribution in [0, 0.1) is 6.92 Å². The fourth-order valence-corrected chi connectivity index (χ4v) is 1.55. The zero-order valence-electron chi connectivity index (χ0n) is 8.75. The molecule has 0 radical (unpaired) electrons. The van der Waals surface area contributed by atoms with Crippen LogP contribution in [-0.2, 0) is 0 Å². The minimum absolute atomic E-state index is 0. The summed E-state index contributed by atoms with van der Waals surface area (Å²) in [6.07, 6.45) is 3.38. The largest absolute Gasteiger partial charge is 0.385 e. The molecule has 1 nitrogen and oxygen atoms in total. The van der Waals surface area contributed by atoms with Gasteiger partial charge in [-0.05, 0) is 37.5 Å². The number of hydrogen-bond acceptors (Lipinski definition) is 2. The first kappa shape index (κ1) is 13.7. The van der Waals surface area contributed by atoms with Gasteiger partial charge in [0.1, 0.15) is 0 Å². The van der Waals surface area contributed by atoms with Crippen LogP contribution in [0.15, 0.2) is 24.3 Å². The second-order valence-electron chi connectivity index (χ2n) is 3.14. The molecular weight excluding hydrogens is 214 g/mol. The van der Waals surface area contributed by atoms with Crippen LogP contribution < -0.4 is 5.32 Å². The Morgan fingerprint density at radius 1 is 1.21 bits per heavy atom. The van der Waals surface area contributed by atoms with E-state index in [1.165, 1.54) is 23.4 Å². The lowest BCUT2D eigenvalue weighted by molar-refractivity contribution is 0.993. The molecule has 80 valence electrons. The van der Waals surface area contributed by atoms with E-state index in [-0.39, 0.29) is 12.4 Å². The van der Waals surface area contributed by atoms with Crippen LogP contribution in [0.4, 0.5) is 5.69 Å². The van der Waals surface area contributed by atoms with Gasteiger partial charge in [0.25, 0.3) is 0 Å². The van der Waals surface area contributed by atoms with Crippen LogP contribution in [0.25, 0.3) is 0 Å². The smallest absolute Gasteiger partial charge is 0.0340 e. The number of rotatable bonds is 5. The topological polar surface area (TPSA) is 12.0 Å². The van der Waals surface area contributed by atoms with E-state index in [2.05, 4.69) is 42.8 Å². The van der Waals surface area contributed by atoms with E-state index in [1.54, 1.807) is 0 Å². The van der Waals surface area contributed by atoms with E-state index in [0.29, 0.717) is 0 Å². The summed E-state index contributed by atoms with van der Waals surface area (Å²) in [4.78, 5) is 0. The van der Waals surface area contributed by atoms with Gasteiger partial charge >= 0.3 is 0 Å². The van der Waals surface area contributed by atoms with Gasteiger partial charge in [-0.2, -0.15) is 11.8 Å². The van der Waals surface area contributed by atoms with Gasteiger partial charge in [-0.1, -0.05) is 17.7 Å². The normalized spacial score (nSPS) is 9.29. The van der Waals surface area contributed by atoms with E-state index >= 15 is 0 Å². The summed E-state index contributed by atoms with van der Waals surface area (Å²) in [5.41, 5.74) is 2.54. The third-order valence-electron chi connectivity index (χ3n) is 1.91. The maximum absolute atomic E-state index is 3.39. The summed E-state index contributed by atoms with van der Waals surface area (Å²) < 4.78 is 0. The van der Waals surface area contributed by atoms with E-state index in [4.69, 9.17) is 0 Å². The van der Waals surface area contributed by atoms with Crippen molar-refractivity contribution in [2.24, 2.45) is 0 Å². The molecule has 14 heavy (non-hydrogen) atoms. The average Bonchev–Trinajstić information content (AvgIpc) is 2.15. The number of anilines is 1. The van der Waals surface area contributed by atoms with Gasteiger partial charge in [0, 0.05) is 12.2 Å². The fourth-order valence-electron chi connectivity index (χ4n) is 1.12. The lowest BCUT2D eigenvalue weighted by Gasteiger charge is -2.05. The van der Waals surface area contributed by atoms with Gasteiger partial charge in [0.15, 0.2) is 0 Å². The Bertz CT molecular complexity index is 236. The maximum Gasteiger partial charge on any atom is 0.0340 e. The number of hydrogen-bond donors (Lipinski definition) is 1. The molecule has 1 aromatic rings. The van der Waals surface area contributed by atoms with E-state index in [0.717, 1.165) is 6.54 Å². The van der Waals surface area contributed by atoms with E-state index in [1.807, 2.05) is 11.8 Å². The van der Waals surface area contributed by atoms with Gasteiger partial charge in [-0.3, -0.25) is 0 Å². The van der Waals surface area contributed by atoms with Crippen molar-refractivity contribution in [3.05, 3.63) is 29.8 Å². The Balaban J connectivity index is 0.00000169. The summed E-state index contributed by atoms with van der Waals surface area (Å²) in [6, 6.07) is 8.54. The molecule has 0 aliphatic heterocycles. The van der Waals surface area contributed by atoms with E-state index in [9.17, 15) is 0 Å². The quantitative estimate of drug-likeness (QED) is 0.778. The summed E-state index contributed by atoms with van der Waals surface area (Å²) in [7, 11) is 0. The van der Waals surface area contributed by atoms with Crippen LogP contribution in [-0.4, -0.2) is 18.6 Å². The van der Waals surface area contributed by atoms with Crippen molar-refractivity contribution in [3.63, 3.8) is 0 Å². The van der Waals surface area contributed by atoms with Gasteiger partial charge in [-0.25, -0.2) is 0 Å². The van der Waals surface area contributed by atoms with Crippen LogP contribution in [0.2, 0.25) is 0 Å². The number of halogens is 1. The van der Waals surface area contributed by atoms with Crippen molar-refractivity contribution in [3.8, 4) is 0 Å². The molecular formula is C11H18ClNS. The lowest BCUT2D eigenvalue weighted by atomic mass is 10.2. The molecule has 0 atom stereocenters. The predicted octanol–water partition coefficient (Wildman–Crippen LogP) is 3.58. The Morgan fingerprint density at radius 3 is 2.43 bits per heavy atom. The molecule has 0 fully saturated rings. The maximum atomic E-state index is 3.39. The van der Waals surface area contributed by atoms with Crippen molar-refractivity contribution in [2.45, 2.75) is 13.3 Å². The number of aryl methyl sites for hydroxylation is 1. The highest BCUT2D eigenvalue weighted by molar-refractivity contribution is 7.98. The van der Waals surface area contributed by atoms with Gasteiger partial charge < -0.3 is 5.32 Å². The molecule has 0 unspecified atom stereocenters. The molecule has 0 aliphatic carbocycles. The summed E-state index contributed by atoms with van der Waals surface area (Å²) >= 11 is 1.90. The van der Waals surface area contributed by atoms with Crippen LogP contribution in [0.1, 0.15) is 12.0 Å². The Labute approximate surface area is 97.1 Å². The first-order valence-electron chi connectivity index (χ1n) is 4.62. The molecule has 0 heterocycles. The monoisotopic (exact) mass is 231 g/mol. The minimum Gasteiger partial charge on any atom is -0.385 e. The highest BCUT2D eigenvalue weighted by atomic mass is 35.5. The second-order valence-corrected chi connectivity index (χ2v) is 4.12. The molecule has 0 saturated heterocycles. The molecule has 0 aliphatic rings.